The van der Waals surface area contributed by atoms with Gasteiger partial charge < -0.3 is 5.32 Å². The summed E-state index contributed by atoms with van der Waals surface area (Å²) in [5.74, 6) is -0.761. The van der Waals surface area contributed by atoms with Crippen molar-refractivity contribution in [2.24, 2.45) is 5.10 Å². The van der Waals surface area contributed by atoms with Gasteiger partial charge in [-0.1, -0.05) is 36.4 Å². The molecule has 2 amide bonds. The molecule has 8 nitrogen and oxygen atoms in total. The van der Waals surface area contributed by atoms with Crippen molar-refractivity contribution in [2.75, 3.05) is 5.32 Å². The zero-order valence-electron chi connectivity index (χ0n) is 16.0. The van der Waals surface area contributed by atoms with E-state index in [4.69, 9.17) is 0 Å². The molecule has 0 saturated heterocycles. The predicted octanol–water partition coefficient (Wildman–Crippen LogP) is 4.00. The first-order valence-electron chi connectivity index (χ1n) is 9.00. The van der Waals surface area contributed by atoms with E-state index in [2.05, 4.69) is 15.8 Å². The van der Waals surface area contributed by atoms with Crippen molar-refractivity contribution in [1.29, 1.82) is 0 Å². The normalized spacial score (nSPS) is 10.9. The van der Waals surface area contributed by atoms with Crippen LogP contribution in [0.25, 0.3) is 0 Å². The summed E-state index contributed by atoms with van der Waals surface area (Å²) in [5, 5.41) is 17.7. The highest BCUT2D eigenvalue weighted by molar-refractivity contribution is 6.05. The van der Waals surface area contributed by atoms with Gasteiger partial charge in [-0.25, -0.2) is 5.43 Å². The number of amides is 2. The number of nitrogens with one attached hydrogen (secondary N) is 2. The van der Waals surface area contributed by atoms with Gasteiger partial charge in [0.1, 0.15) is 0 Å². The number of hydrogen-bond acceptors (Lipinski definition) is 5. The van der Waals surface area contributed by atoms with E-state index < -0.39 is 10.8 Å². The third kappa shape index (κ3) is 5.14. The quantitative estimate of drug-likeness (QED) is 0.368. The van der Waals surface area contributed by atoms with Gasteiger partial charge in [0.25, 0.3) is 17.5 Å². The largest absolute Gasteiger partial charge is 0.322 e. The third-order valence-corrected chi connectivity index (χ3v) is 4.24. The Bertz CT molecular complexity index is 1110. The molecule has 0 heterocycles. The molecule has 0 atom stereocenters. The lowest BCUT2D eigenvalue weighted by Crippen LogP contribution is -2.19. The van der Waals surface area contributed by atoms with E-state index in [1.807, 2.05) is 6.07 Å². The molecule has 0 spiro atoms. The Hall–Kier alpha value is -4.33. The molecule has 0 bridgehead atoms. The monoisotopic (exact) mass is 402 g/mol. The molecule has 3 rings (SSSR count). The van der Waals surface area contributed by atoms with Crippen LogP contribution in [0.5, 0.6) is 0 Å². The Labute approximate surface area is 172 Å². The van der Waals surface area contributed by atoms with Crippen molar-refractivity contribution in [3.05, 3.63) is 106 Å². The van der Waals surface area contributed by atoms with Crippen LogP contribution in [0, 0.1) is 10.1 Å². The fourth-order valence-electron chi connectivity index (χ4n) is 2.61. The minimum atomic E-state index is -0.566. The van der Waals surface area contributed by atoms with Crippen LogP contribution in [0.3, 0.4) is 0 Å². The highest BCUT2D eigenvalue weighted by atomic mass is 16.6. The average molecular weight is 402 g/mol. The number of nitro groups is 1. The summed E-state index contributed by atoms with van der Waals surface area (Å²) in [7, 11) is 0. The van der Waals surface area contributed by atoms with Gasteiger partial charge in [-0.05, 0) is 42.8 Å². The van der Waals surface area contributed by atoms with Crippen LogP contribution >= 0.6 is 0 Å². The molecule has 0 unspecified atom stereocenters. The second-order valence-electron chi connectivity index (χ2n) is 6.34. The number of carbonyl (C=O) groups is 2. The maximum atomic E-state index is 12.2. The molecule has 150 valence electrons. The molecule has 0 radical (unpaired) electrons. The molecular formula is C22H18N4O4. The lowest BCUT2D eigenvalue weighted by atomic mass is 10.1. The first kappa shape index (κ1) is 20.4. The topological polar surface area (TPSA) is 114 Å². The number of nitro benzene ring substituents is 1. The standard InChI is InChI=1S/C22H18N4O4/c1-15(24-25-22(28)18-8-5-9-20(14-18)26(29)30)16-10-12-19(13-11-16)23-21(27)17-6-3-2-4-7-17/h2-14H,1H3,(H,23,27)(H,25,28)/b24-15-. The minimum absolute atomic E-state index is 0.139. The summed E-state index contributed by atoms with van der Waals surface area (Å²) in [5.41, 5.74) is 4.82. The van der Waals surface area contributed by atoms with Crippen LogP contribution < -0.4 is 10.7 Å². The number of carbonyl (C=O) groups excluding carboxylic acids is 2. The van der Waals surface area contributed by atoms with Gasteiger partial charge in [-0.2, -0.15) is 5.10 Å². The van der Waals surface area contributed by atoms with Crippen molar-refractivity contribution < 1.29 is 14.5 Å². The van der Waals surface area contributed by atoms with Gasteiger partial charge in [0.15, 0.2) is 0 Å². The summed E-state index contributed by atoms with van der Waals surface area (Å²) in [6, 6.07) is 21.3. The summed E-state index contributed by atoms with van der Waals surface area (Å²) in [6.07, 6.45) is 0. The van der Waals surface area contributed by atoms with E-state index in [0.29, 0.717) is 17.0 Å². The van der Waals surface area contributed by atoms with Crippen LogP contribution in [0.4, 0.5) is 11.4 Å². The second kappa shape index (κ2) is 9.24. The van der Waals surface area contributed by atoms with Crippen molar-refractivity contribution >= 4 is 28.9 Å². The molecule has 0 saturated carbocycles. The lowest BCUT2D eigenvalue weighted by Gasteiger charge is -2.07. The van der Waals surface area contributed by atoms with Crippen molar-refractivity contribution in [3.8, 4) is 0 Å². The van der Waals surface area contributed by atoms with E-state index >= 15 is 0 Å². The molecule has 0 fully saturated rings. The van der Waals surface area contributed by atoms with Gasteiger partial charge in [0.05, 0.1) is 10.6 Å². The number of nitrogens with zero attached hydrogens (tertiary/aromatic N) is 2. The fourth-order valence-corrected chi connectivity index (χ4v) is 2.61. The van der Waals surface area contributed by atoms with E-state index in [1.54, 1.807) is 55.5 Å². The van der Waals surface area contributed by atoms with E-state index in [1.165, 1.54) is 24.3 Å². The number of rotatable bonds is 6. The first-order valence-corrected chi connectivity index (χ1v) is 9.00. The second-order valence-corrected chi connectivity index (χ2v) is 6.34. The third-order valence-electron chi connectivity index (χ3n) is 4.24. The van der Waals surface area contributed by atoms with Crippen molar-refractivity contribution in [2.45, 2.75) is 6.92 Å². The molecule has 0 aliphatic rings. The van der Waals surface area contributed by atoms with Crippen LogP contribution in [-0.2, 0) is 0 Å². The fraction of sp³-hybridized carbons (Fsp3) is 0.0455. The first-order chi connectivity index (χ1) is 14.4. The predicted molar refractivity (Wildman–Crippen MR) is 114 cm³/mol. The summed E-state index contributed by atoms with van der Waals surface area (Å²) in [6.45, 7) is 1.71. The molecule has 0 aromatic heterocycles. The molecule has 0 aliphatic carbocycles. The highest BCUT2D eigenvalue weighted by Crippen LogP contribution is 2.14. The Morgan fingerprint density at radius 2 is 1.50 bits per heavy atom. The number of benzene rings is 3. The molecular weight excluding hydrogens is 384 g/mol. The van der Waals surface area contributed by atoms with Gasteiger partial charge in [0, 0.05) is 28.9 Å². The van der Waals surface area contributed by atoms with Crippen molar-refractivity contribution in [3.63, 3.8) is 0 Å². The lowest BCUT2D eigenvalue weighted by molar-refractivity contribution is -0.384. The number of anilines is 1. The zero-order valence-corrected chi connectivity index (χ0v) is 16.0. The Morgan fingerprint density at radius 3 is 2.17 bits per heavy atom. The summed E-state index contributed by atoms with van der Waals surface area (Å²) >= 11 is 0. The van der Waals surface area contributed by atoms with Gasteiger partial charge in [0.2, 0.25) is 0 Å². The van der Waals surface area contributed by atoms with Crippen LogP contribution in [0.2, 0.25) is 0 Å². The SMILES string of the molecule is C/C(=N/NC(=O)c1cccc([N+](=O)[O-])c1)c1ccc(NC(=O)c2ccccc2)cc1. The zero-order chi connectivity index (χ0) is 21.5. The Balaban J connectivity index is 1.64. The summed E-state index contributed by atoms with van der Waals surface area (Å²) < 4.78 is 0. The molecule has 0 aliphatic heterocycles. The number of non-ortho nitro benzene ring substituents is 1. The maximum absolute atomic E-state index is 12.2. The number of hydrogen-bond donors (Lipinski definition) is 2. The van der Waals surface area contributed by atoms with Crippen molar-refractivity contribution in [1.82, 2.24) is 5.43 Å². The smallest absolute Gasteiger partial charge is 0.271 e. The molecule has 8 heteroatoms. The molecule has 3 aromatic carbocycles. The van der Waals surface area contributed by atoms with Crippen LogP contribution in [0.1, 0.15) is 33.2 Å². The van der Waals surface area contributed by atoms with Gasteiger partial charge >= 0.3 is 0 Å². The van der Waals surface area contributed by atoms with Crippen LogP contribution in [-0.4, -0.2) is 22.4 Å². The molecule has 30 heavy (non-hydrogen) atoms. The van der Waals surface area contributed by atoms with E-state index in [9.17, 15) is 19.7 Å². The number of hydrazone groups is 1. The summed E-state index contributed by atoms with van der Waals surface area (Å²) in [4.78, 5) is 34.6. The van der Waals surface area contributed by atoms with Gasteiger partial charge in [-0.3, -0.25) is 19.7 Å². The Morgan fingerprint density at radius 1 is 0.833 bits per heavy atom. The molecule has 3 aromatic rings. The van der Waals surface area contributed by atoms with Gasteiger partial charge in [-0.15, -0.1) is 0 Å². The Kier molecular flexibility index (Phi) is 6.29. The maximum Gasteiger partial charge on any atom is 0.271 e. The van der Waals surface area contributed by atoms with Crippen LogP contribution in [0.15, 0.2) is 84.0 Å². The highest BCUT2D eigenvalue weighted by Gasteiger charge is 2.11. The van der Waals surface area contributed by atoms with E-state index in [-0.39, 0.29) is 17.2 Å². The molecule has 2 N–H and O–H groups in total. The van der Waals surface area contributed by atoms with E-state index in [0.717, 1.165) is 5.56 Å². The average Bonchev–Trinajstić information content (AvgIpc) is 2.78. The minimum Gasteiger partial charge on any atom is -0.322 e.